The minimum atomic E-state index is 0.527. The lowest BCUT2D eigenvalue weighted by molar-refractivity contribution is 0.668. The summed E-state index contributed by atoms with van der Waals surface area (Å²) in [7, 11) is 0. The SMILES string of the molecule is c1ccc(-c2ccc(-c3nc(Cc4cccc5oc6ccc(Cc7ccc8c9ccccc9c9ccccc9c8c7)cc6c45)nc(-c4ccccc4)n3)cc2)cc1. The molecule has 0 radical (unpaired) electrons. The smallest absolute Gasteiger partial charge is 0.163 e. The van der Waals surface area contributed by atoms with Gasteiger partial charge in [-0.05, 0) is 84.8 Å². The average molecular weight is 730 g/mol. The molecule has 0 atom stereocenters. The van der Waals surface area contributed by atoms with Gasteiger partial charge >= 0.3 is 0 Å². The van der Waals surface area contributed by atoms with E-state index in [1.807, 2.05) is 36.4 Å². The molecule has 0 aliphatic heterocycles. The van der Waals surface area contributed by atoms with Gasteiger partial charge in [0.05, 0.1) is 0 Å². The highest BCUT2D eigenvalue weighted by molar-refractivity contribution is 6.25. The Morgan fingerprint density at radius 2 is 0.842 bits per heavy atom. The first-order valence-corrected chi connectivity index (χ1v) is 19.4. The molecule has 9 aromatic carbocycles. The van der Waals surface area contributed by atoms with Gasteiger partial charge in [-0.15, -0.1) is 0 Å². The summed E-state index contributed by atoms with van der Waals surface area (Å²) in [6.45, 7) is 0. The first kappa shape index (κ1) is 33.0. The molecule has 0 saturated carbocycles. The monoisotopic (exact) mass is 729 g/mol. The Bertz CT molecular complexity index is 3240. The highest BCUT2D eigenvalue weighted by Gasteiger charge is 2.17. The maximum absolute atomic E-state index is 6.46. The molecule has 0 spiro atoms. The molecule has 0 bridgehead atoms. The number of nitrogens with zero attached hydrogens (tertiary/aromatic N) is 3. The molecule has 0 N–H and O–H groups in total. The van der Waals surface area contributed by atoms with Crippen LogP contribution in [0.25, 0.3) is 88.2 Å². The molecule has 4 nitrogen and oxygen atoms in total. The molecule has 11 aromatic rings. The Kier molecular flexibility index (Phi) is 7.92. The van der Waals surface area contributed by atoms with Gasteiger partial charge in [0.15, 0.2) is 11.6 Å². The van der Waals surface area contributed by atoms with E-state index >= 15 is 0 Å². The Labute approximate surface area is 329 Å². The van der Waals surface area contributed by atoms with Crippen molar-refractivity contribution < 1.29 is 4.42 Å². The van der Waals surface area contributed by atoms with Gasteiger partial charge in [-0.3, -0.25) is 0 Å². The van der Waals surface area contributed by atoms with Crippen molar-refractivity contribution in [1.29, 1.82) is 0 Å². The van der Waals surface area contributed by atoms with Gasteiger partial charge in [0.25, 0.3) is 0 Å². The molecule has 2 aromatic heterocycles. The summed E-state index contributed by atoms with van der Waals surface area (Å²) in [5.41, 5.74) is 9.58. The quantitative estimate of drug-likeness (QED) is 0.153. The summed E-state index contributed by atoms with van der Waals surface area (Å²) in [4.78, 5) is 15.1. The van der Waals surface area contributed by atoms with Crippen molar-refractivity contribution >= 4 is 54.3 Å². The number of hydrogen-bond donors (Lipinski definition) is 0. The van der Waals surface area contributed by atoms with Crippen LogP contribution >= 0.6 is 0 Å². The fourth-order valence-corrected chi connectivity index (χ4v) is 8.46. The molecule has 0 fully saturated rings. The van der Waals surface area contributed by atoms with E-state index in [-0.39, 0.29) is 0 Å². The van der Waals surface area contributed by atoms with Gasteiger partial charge in [-0.1, -0.05) is 170 Å². The minimum absolute atomic E-state index is 0.527. The Morgan fingerprint density at radius 3 is 1.51 bits per heavy atom. The summed E-state index contributed by atoms with van der Waals surface area (Å²) in [6.07, 6.45) is 1.33. The zero-order valence-corrected chi connectivity index (χ0v) is 31.1. The second kappa shape index (κ2) is 13.7. The lowest BCUT2D eigenvalue weighted by Gasteiger charge is -2.12. The van der Waals surface area contributed by atoms with E-state index in [1.165, 1.54) is 49.0 Å². The van der Waals surface area contributed by atoms with Gasteiger partial charge in [-0.2, -0.15) is 0 Å². The molecule has 268 valence electrons. The second-order valence-electron chi connectivity index (χ2n) is 14.8. The van der Waals surface area contributed by atoms with Crippen molar-refractivity contribution in [3.63, 3.8) is 0 Å². The molecule has 11 rings (SSSR count). The van der Waals surface area contributed by atoms with Crippen LogP contribution in [0.5, 0.6) is 0 Å². The molecule has 4 heteroatoms. The van der Waals surface area contributed by atoms with Crippen molar-refractivity contribution in [3.05, 3.63) is 211 Å². The maximum atomic E-state index is 6.46. The number of hydrogen-bond acceptors (Lipinski definition) is 4. The third-order valence-electron chi connectivity index (χ3n) is 11.2. The third-order valence-corrected chi connectivity index (χ3v) is 11.2. The van der Waals surface area contributed by atoms with E-state index in [2.05, 4.69) is 152 Å². The Hall–Kier alpha value is -7.43. The molecule has 0 aliphatic rings. The van der Waals surface area contributed by atoms with E-state index < -0.39 is 0 Å². The summed E-state index contributed by atoms with van der Waals surface area (Å²) >= 11 is 0. The number of rotatable bonds is 7. The van der Waals surface area contributed by atoms with E-state index in [4.69, 9.17) is 19.4 Å². The van der Waals surface area contributed by atoms with Crippen molar-refractivity contribution in [2.75, 3.05) is 0 Å². The maximum Gasteiger partial charge on any atom is 0.163 e. The summed E-state index contributed by atoms with van der Waals surface area (Å²) in [6, 6.07) is 66.4. The molecule has 57 heavy (non-hydrogen) atoms. The van der Waals surface area contributed by atoms with Gasteiger partial charge in [0, 0.05) is 28.3 Å². The lowest BCUT2D eigenvalue weighted by atomic mass is 9.92. The minimum Gasteiger partial charge on any atom is -0.456 e. The fourth-order valence-electron chi connectivity index (χ4n) is 8.46. The fraction of sp³-hybridized carbons (Fsp3) is 0.0377. The first-order valence-electron chi connectivity index (χ1n) is 19.4. The van der Waals surface area contributed by atoms with Crippen LogP contribution in [0.4, 0.5) is 0 Å². The van der Waals surface area contributed by atoms with Crippen LogP contribution in [0.1, 0.15) is 22.5 Å². The first-order chi connectivity index (χ1) is 28.2. The predicted octanol–water partition coefficient (Wildman–Crippen LogP) is 13.4. The number of fused-ring (bicyclic) bond motifs is 9. The Morgan fingerprint density at radius 1 is 0.333 bits per heavy atom. The summed E-state index contributed by atoms with van der Waals surface area (Å²) in [5.74, 6) is 2.02. The highest BCUT2D eigenvalue weighted by Crippen LogP contribution is 2.37. The standard InChI is InChI=1S/C53H35N3O/c1-3-12-36(13-4-1)37-24-26-39(27-25-37)53-55-50(54-52(56-53)38-14-5-2-6-15-38)33-40-16-11-21-49-51(40)47-32-35(23-29-48(47)57-49)30-34-22-28-45-43-19-8-7-17-41(43)42-18-9-10-20-44(42)46(45)31-34/h1-29,31-32H,30,33H2. The van der Waals surface area contributed by atoms with Crippen LogP contribution in [-0.4, -0.2) is 15.0 Å². The predicted molar refractivity (Wildman–Crippen MR) is 234 cm³/mol. The largest absolute Gasteiger partial charge is 0.456 e. The van der Waals surface area contributed by atoms with E-state index in [9.17, 15) is 0 Å². The van der Waals surface area contributed by atoms with Gasteiger partial charge in [0.1, 0.15) is 17.0 Å². The highest BCUT2D eigenvalue weighted by atomic mass is 16.3. The second-order valence-corrected chi connectivity index (χ2v) is 14.8. The van der Waals surface area contributed by atoms with Crippen LogP contribution in [-0.2, 0) is 12.8 Å². The molecule has 0 amide bonds. The van der Waals surface area contributed by atoms with Crippen molar-refractivity contribution in [3.8, 4) is 33.9 Å². The van der Waals surface area contributed by atoms with Crippen LogP contribution < -0.4 is 0 Å². The lowest BCUT2D eigenvalue weighted by Crippen LogP contribution is -2.04. The third kappa shape index (κ3) is 5.99. The topological polar surface area (TPSA) is 51.8 Å². The summed E-state index contributed by atoms with van der Waals surface area (Å²) in [5, 5.41) is 9.94. The molecule has 2 heterocycles. The number of furan rings is 1. The number of benzene rings is 9. The zero-order valence-electron chi connectivity index (χ0n) is 31.1. The van der Waals surface area contributed by atoms with Gasteiger partial charge in [0.2, 0.25) is 0 Å². The molecule has 0 unspecified atom stereocenters. The van der Waals surface area contributed by atoms with Crippen LogP contribution in [0.3, 0.4) is 0 Å². The molecule has 0 saturated heterocycles. The van der Waals surface area contributed by atoms with Crippen LogP contribution in [0.15, 0.2) is 192 Å². The normalized spacial score (nSPS) is 11.6. The van der Waals surface area contributed by atoms with E-state index in [1.54, 1.807) is 0 Å². The van der Waals surface area contributed by atoms with E-state index in [0.717, 1.165) is 50.6 Å². The average Bonchev–Trinajstić information content (AvgIpc) is 3.66. The van der Waals surface area contributed by atoms with Gasteiger partial charge < -0.3 is 4.42 Å². The van der Waals surface area contributed by atoms with Crippen molar-refractivity contribution in [1.82, 2.24) is 15.0 Å². The van der Waals surface area contributed by atoms with Gasteiger partial charge in [-0.25, -0.2) is 15.0 Å². The molecule has 0 aliphatic carbocycles. The van der Waals surface area contributed by atoms with Crippen molar-refractivity contribution in [2.45, 2.75) is 12.8 Å². The van der Waals surface area contributed by atoms with Crippen LogP contribution in [0, 0.1) is 0 Å². The zero-order chi connectivity index (χ0) is 37.7. The molecular weight excluding hydrogens is 695 g/mol. The van der Waals surface area contributed by atoms with E-state index in [0.29, 0.717) is 23.9 Å². The number of aromatic nitrogens is 3. The summed E-state index contributed by atoms with van der Waals surface area (Å²) < 4.78 is 6.46. The molecular formula is C53H35N3O. The van der Waals surface area contributed by atoms with Crippen molar-refractivity contribution in [2.24, 2.45) is 0 Å². The Balaban J connectivity index is 0.974. The van der Waals surface area contributed by atoms with Crippen LogP contribution in [0.2, 0.25) is 0 Å².